The number of hydrogen-bond donors (Lipinski definition) is 1. The lowest BCUT2D eigenvalue weighted by molar-refractivity contribution is 0.0478. The van der Waals surface area contributed by atoms with Crippen LogP contribution in [0.25, 0.3) is 0 Å². The Morgan fingerprint density at radius 3 is 2.22 bits per heavy atom. The standard InChI is InChI=1S/C24H45N3/c1-24(2,3)22-16-21-10-7-13-25-23(21)27(22)18-20-11-14-26(15-12-20)17-19-8-5-4-6-9-19/h19-23,25H,4-18H2,1-3H3. The van der Waals surface area contributed by atoms with Crippen LogP contribution < -0.4 is 5.32 Å². The van der Waals surface area contributed by atoms with Crippen LogP contribution in [0.4, 0.5) is 0 Å². The Bertz CT molecular complexity index is 457. The molecule has 156 valence electrons. The number of hydrogen-bond acceptors (Lipinski definition) is 3. The maximum Gasteiger partial charge on any atom is 0.0629 e. The molecule has 3 aliphatic heterocycles. The number of nitrogens with zero attached hydrogens (tertiary/aromatic N) is 2. The van der Waals surface area contributed by atoms with Gasteiger partial charge < -0.3 is 10.2 Å². The van der Waals surface area contributed by atoms with Crippen molar-refractivity contribution in [1.82, 2.24) is 15.1 Å². The van der Waals surface area contributed by atoms with E-state index in [2.05, 4.69) is 35.9 Å². The Hall–Kier alpha value is -0.120. The van der Waals surface area contributed by atoms with Crippen LogP contribution in [-0.4, -0.2) is 54.7 Å². The van der Waals surface area contributed by atoms with E-state index in [1.54, 1.807) is 0 Å². The van der Waals surface area contributed by atoms with Crippen molar-refractivity contribution in [2.75, 3.05) is 32.7 Å². The van der Waals surface area contributed by atoms with Crippen LogP contribution in [0.15, 0.2) is 0 Å². The second-order valence-corrected chi connectivity index (χ2v) is 11.4. The minimum Gasteiger partial charge on any atom is -0.303 e. The van der Waals surface area contributed by atoms with Crippen molar-refractivity contribution in [2.45, 2.75) is 97.2 Å². The van der Waals surface area contributed by atoms with E-state index < -0.39 is 0 Å². The molecular formula is C24H45N3. The molecule has 0 radical (unpaired) electrons. The van der Waals surface area contributed by atoms with Crippen LogP contribution in [-0.2, 0) is 0 Å². The Balaban J connectivity index is 1.30. The molecule has 3 saturated heterocycles. The monoisotopic (exact) mass is 375 g/mol. The average molecular weight is 376 g/mol. The summed E-state index contributed by atoms with van der Waals surface area (Å²) in [6.45, 7) is 14.1. The summed E-state index contributed by atoms with van der Waals surface area (Å²) in [4.78, 5) is 5.73. The predicted molar refractivity (Wildman–Crippen MR) is 115 cm³/mol. The summed E-state index contributed by atoms with van der Waals surface area (Å²) < 4.78 is 0. The number of nitrogens with one attached hydrogen (secondary N) is 1. The minimum atomic E-state index is 0.403. The summed E-state index contributed by atoms with van der Waals surface area (Å²) in [5, 5.41) is 3.90. The number of fused-ring (bicyclic) bond motifs is 1. The van der Waals surface area contributed by atoms with E-state index in [9.17, 15) is 0 Å². The first-order chi connectivity index (χ1) is 13.0. The van der Waals surface area contributed by atoms with E-state index in [1.165, 1.54) is 96.9 Å². The molecule has 4 rings (SSSR count). The summed E-state index contributed by atoms with van der Waals surface area (Å²) in [6, 6.07) is 0.762. The fourth-order valence-corrected chi connectivity index (χ4v) is 6.67. The fourth-order valence-electron chi connectivity index (χ4n) is 6.67. The van der Waals surface area contributed by atoms with Crippen molar-refractivity contribution in [1.29, 1.82) is 0 Å². The van der Waals surface area contributed by atoms with Crippen LogP contribution >= 0.6 is 0 Å². The topological polar surface area (TPSA) is 18.5 Å². The molecule has 1 aliphatic carbocycles. The lowest BCUT2D eigenvalue weighted by atomic mass is 9.82. The Morgan fingerprint density at radius 2 is 1.52 bits per heavy atom. The molecule has 0 bridgehead atoms. The van der Waals surface area contributed by atoms with Crippen LogP contribution in [0.2, 0.25) is 0 Å². The molecular weight excluding hydrogens is 330 g/mol. The molecule has 0 amide bonds. The van der Waals surface area contributed by atoms with Gasteiger partial charge in [0.05, 0.1) is 6.17 Å². The van der Waals surface area contributed by atoms with Crippen LogP contribution in [0.5, 0.6) is 0 Å². The summed E-state index contributed by atoms with van der Waals surface area (Å²) >= 11 is 0. The van der Waals surface area contributed by atoms with Crippen molar-refractivity contribution in [2.24, 2.45) is 23.2 Å². The summed E-state index contributed by atoms with van der Waals surface area (Å²) in [7, 11) is 0. The highest BCUT2D eigenvalue weighted by Gasteiger charge is 2.46. The maximum atomic E-state index is 3.90. The van der Waals surface area contributed by atoms with Crippen LogP contribution in [0, 0.1) is 23.2 Å². The molecule has 0 aromatic rings. The molecule has 1 N–H and O–H groups in total. The van der Waals surface area contributed by atoms with Gasteiger partial charge in [-0.3, -0.25) is 4.90 Å². The van der Waals surface area contributed by atoms with Gasteiger partial charge in [0.1, 0.15) is 0 Å². The predicted octanol–water partition coefficient (Wildman–Crippen LogP) is 4.72. The maximum absolute atomic E-state index is 3.90. The lowest BCUT2D eigenvalue weighted by Crippen LogP contribution is -2.54. The van der Waals surface area contributed by atoms with Crippen molar-refractivity contribution < 1.29 is 0 Å². The molecule has 3 atom stereocenters. The average Bonchev–Trinajstić information content (AvgIpc) is 3.03. The van der Waals surface area contributed by atoms with E-state index >= 15 is 0 Å². The van der Waals surface area contributed by atoms with E-state index in [4.69, 9.17) is 0 Å². The molecule has 0 aromatic carbocycles. The number of rotatable bonds is 4. The van der Waals surface area contributed by atoms with Gasteiger partial charge in [0.2, 0.25) is 0 Å². The molecule has 0 spiro atoms. The van der Waals surface area contributed by atoms with Gasteiger partial charge in [0, 0.05) is 19.1 Å². The first kappa shape index (κ1) is 20.2. The molecule has 1 saturated carbocycles. The van der Waals surface area contributed by atoms with Gasteiger partial charge in [-0.2, -0.15) is 0 Å². The van der Waals surface area contributed by atoms with Gasteiger partial charge >= 0.3 is 0 Å². The molecule has 4 fully saturated rings. The van der Waals surface area contributed by atoms with Gasteiger partial charge in [0.25, 0.3) is 0 Å². The highest BCUT2D eigenvalue weighted by Crippen LogP contribution is 2.42. The zero-order chi connectivity index (χ0) is 18.9. The van der Waals surface area contributed by atoms with Crippen molar-refractivity contribution in [3.05, 3.63) is 0 Å². The van der Waals surface area contributed by atoms with Crippen molar-refractivity contribution >= 4 is 0 Å². The first-order valence-electron chi connectivity index (χ1n) is 12.2. The smallest absolute Gasteiger partial charge is 0.0629 e. The second-order valence-electron chi connectivity index (χ2n) is 11.4. The van der Waals surface area contributed by atoms with Gasteiger partial charge in [-0.25, -0.2) is 0 Å². The number of likely N-dealkylation sites (tertiary alicyclic amines) is 2. The molecule has 0 aromatic heterocycles. The summed E-state index contributed by atoms with van der Waals surface area (Å²) in [6.07, 6.45) is 15.2. The Labute approximate surface area is 168 Å². The highest BCUT2D eigenvalue weighted by molar-refractivity contribution is 4.99. The second kappa shape index (κ2) is 8.71. The van der Waals surface area contributed by atoms with Gasteiger partial charge in [-0.1, -0.05) is 40.0 Å². The Kier molecular flexibility index (Phi) is 6.51. The van der Waals surface area contributed by atoms with E-state index in [1.807, 2.05) is 0 Å². The molecule has 4 aliphatic rings. The lowest BCUT2D eigenvalue weighted by Gasteiger charge is -2.43. The van der Waals surface area contributed by atoms with Gasteiger partial charge in [-0.05, 0) is 87.7 Å². The number of piperidine rings is 2. The zero-order valence-electron chi connectivity index (χ0n) is 18.4. The molecule has 3 nitrogen and oxygen atoms in total. The quantitative estimate of drug-likeness (QED) is 0.767. The Morgan fingerprint density at radius 1 is 0.815 bits per heavy atom. The van der Waals surface area contributed by atoms with Crippen molar-refractivity contribution in [3.63, 3.8) is 0 Å². The normalized spacial score (nSPS) is 35.4. The largest absolute Gasteiger partial charge is 0.303 e. The molecule has 3 heterocycles. The molecule has 27 heavy (non-hydrogen) atoms. The molecule has 3 heteroatoms. The van der Waals surface area contributed by atoms with E-state index in [-0.39, 0.29) is 0 Å². The SMILES string of the molecule is CC(C)(C)C1CC2CCCNC2N1CC1CCN(CC2CCCCC2)CC1. The van der Waals surface area contributed by atoms with Crippen LogP contribution in [0.1, 0.15) is 85.0 Å². The van der Waals surface area contributed by atoms with Gasteiger partial charge in [-0.15, -0.1) is 0 Å². The summed E-state index contributed by atoms with van der Waals surface area (Å²) in [5.74, 6) is 2.82. The fraction of sp³-hybridized carbons (Fsp3) is 1.00. The third kappa shape index (κ3) is 4.90. The first-order valence-corrected chi connectivity index (χ1v) is 12.2. The summed E-state index contributed by atoms with van der Waals surface area (Å²) in [5.41, 5.74) is 0.403. The molecule has 3 unspecified atom stereocenters. The van der Waals surface area contributed by atoms with Crippen molar-refractivity contribution in [3.8, 4) is 0 Å². The van der Waals surface area contributed by atoms with Crippen LogP contribution in [0.3, 0.4) is 0 Å². The van der Waals surface area contributed by atoms with Gasteiger partial charge in [0.15, 0.2) is 0 Å². The van der Waals surface area contributed by atoms with E-state index in [0.29, 0.717) is 11.6 Å². The minimum absolute atomic E-state index is 0.403. The third-order valence-electron chi connectivity index (χ3n) is 8.25. The van der Waals surface area contributed by atoms with E-state index in [0.717, 1.165) is 23.8 Å². The third-order valence-corrected chi connectivity index (χ3v) is 8.25. The zero-order valence-corrected chi connectivity index (χ0v) is 18.4. The highest BCUT2D eigenvalue weighted by atomic mass is 15.3.